The van der Waals surface area contributed by atoms with Gasteiger partial charge in [-0.05, 0) is 43.7 Å². The molecule has 3 heteroatoms. The van der Waals surface area contributed by atoms with Gasteiger partial charge in [-0.25, -0.2) is 0 Å². The van der Waals surface area contributed by atoms with Crippen molar-refractivity contribution >= 4 is 11.6 Å². The van der Waals surface area contributed by atoms with Gasteiger partial charge in [-0.2, -0.15) is 0 Å². The first-order valence-electron chi connectivity index (χ1n) is 6.86. The molecule has 0 spiro atoms. The zero-order valence-electron chi connectivity index (χ0n) is 10.8. The Morgan fingerprint density at radius 1 is 1.39 bits per heavy atom. The summed E-state index contributed by atoms with van der Waals surface area (Å²) in [7, 11) is 0. The van der Waals surface area contributed by atoms with Gasteiger partial charge in [-0.15, -0.1) is 0 Å². The van der Waals surface area contributed by atoms with E-state index < -0.39 is 0 Å². The van der Waals surface area contributed by atoms with Gasteiger partial charge in [-0.1, -0.05) is 18.2 Å². The van der Waals surface area contributed by atoms with Crippen LogP contribution in [0.4, 0.5) is 5.69 Å². The first-order valence-corrected chi connectivity index (χ1v) is 6.86. The lowest BCUT2D eigenvalue weighted by atomic mass is 9.93. The van der Waals surface area contributed by atoms with Gasteiger partial charge in [0.1, 0.15) is 0 Å². The summed E-state index contributed by atoms with van der Waals surface area (Å²) in [5.74, 6) is 0.996. The van der Waals surface area contributed by atoms with E-state index in [9.17, 15) is 4.79 Å². The SMILES string of the molecule is CC(NC(=O)C1CNc2ccccc2C1)C1CC1. The van der Waals surface area contributed by atoms with Crippen LogP contribution in [-0.2, 0) is 11.2 Å². The minimum atomic E-state index is 0.0705. The molecule has 1 aliphatic carbocycles. The summed E-state index contributed by atoms with van der Waals surface area (Å²) >= 11 is 0. The monoisotopic (exact) mass is 244 g/mol. The van der Waals surface area contributed by atoms with Crippen LogP contribution in [0.15, 0.2) is 24.3 Å². The second-order valence-electron chi connectivity index (χ2n) is 5.57. The maximum Gasteiger partial charge on any atom is 0.225 e. The van der Waals surface area contributed by atoms with Gasteiger partial charge >= 0.3 is 0 Å². The maximum absolute atomic E-state index is 12.2. The van der Waals surface area contributed by atoms with Crippen molar-refractivity contribution in [1.82, 2.24) is 5.32 Å². The second-order valence-corrected chi connectivity index (χ2v) is 5.57. The Morgan fingerprint density at radius 3 is 2.94 bits per heavy atom. The first kappa shape index (κ1) is 11.6. The number of anilines is 1. The average Bonchev–Trinajstić information content (AvgIpc) is 3.22. The van der Waals surface area contributed by atoms with E-state index in [1.807, 2.05) is 12.1 Å². The fraction of sp³-hybridized carbons (Fsp3) is 0.533. The van der Waals surface area contributed by atoms with Crippen LogP contribution in [0.1, 0.15) is 25.3 Å². The minimum Gasteiger partial charge on any atom is -0.384 e. The zero-order chi connectivity index (χ0) is 12.5. The molecule has 0 bridgehead atoms. The lowest BCUT2D eigenvalue weighted by Gasteiger charge is -2.26. The molecule has 18 heavy (non-hydrogen) atoms. The van der Waals surface area contributed by atoms with Gasteiger partial charge in [0.15, 0.2) is 0 Å². The molecule has 2 atom stereocenters. The van der Waals surface area contributed by atoms with Crippen LogP contribution in [0.25, 0.3) is 0 Å². The Kier molecular flexibility index (Phi) is 2.98. The second kappa shape index (κ2) is 4.63. The Hall–Kier alpha value is -1.51. The van der Waals surface area contributed by atoms with Crippen LogP contribution in [0.2, 0.25) is 0 Å². The molecule has 96 valence electrons. The van der Waals surface area contributed by atoms with E-state index >= 15 is 0 Å². The summed E-state index contributed by atoms with van der Waals surface area (Å²) in [5.41, 5.74) is 2.43. The van der Waals surface area contributed by atoms with E-state index in [0.29, 0.717) is 6.04 Å². The van der Waals surface area contributed by atoms with E-state index in [-0.39, 0.29) is 11.8 Å². The van der Waals surface area contributed by atoms with Crippen LogP contribution >= 0.6 is 0 Å². The lowest BCUT2D eigenvalue weighted by Crippen LogP contribution is -2.42. The fourth-order valence-corrected chi connectivity index (χ4v) is 2.68. The van der Waals surface area contributed by atoms with Crippen LogP contribution < -0.4 is 10.6 Å². The van der Waals surface area contributed by atoms with Crippen LogP contribution in [0, 0.1) is 11.8 Å². The van der Waals surface area contributed by atoms with Gasteiger partial charge in [0.25, 0.3) is 0 Å². The summed E-state index contributed by atoms with van der Waals surface area (Å²) in [6.07, 6.45) is 3.40. The molecule has 2 unspecified atom stereocenters. The number of fused-ring (bicyclic) bond motifs is 1. The van der Waals surface area contributed by atoms with E-state index in [4.69, 9.17) is 0 Å². The molecular weight excluding hydrogens is 224 g/mol. The summed E-state index contributed by atoms with van der Waals surface area (Å²) in [6, 6.07) is 8.59. The average molecular weight is 244 g/mol. The number of amides is 1. The molecule has 0 saturated heterocycles. The van der Waals surface area contributed by atoms with Crippen molar-refractivity contribution in [3.63, 3.8) is 0 Å². The molecule has 0 radical (unpaired) electrons. The summed E-state index contributed by atoms with van der Waals surface area (Å²) in [5, 5.41) is 6.51. The molecule has 2 N–H and O–H groups in total. The van der Waals surface area contributed by atoms with Gasteiger partial charge in [0.05, 0.1) is 5.92 Å². The predicted molar refractivity (Wildman–Crippen MR) is 72.5 cm³/mol. The number of hydrogen-bond donors (Lipinski definition) is 2. The minimum absolute atomic E-state index is 0.0705. The highest BCUT2D eigenvalue weighted by Gasteiger charge is 2.31. The van der Waals surface area contributed by atoms with Crippen molar-refractivity contribution in [2.45, 2.75) is 32.2 Å². The molecule has 1 aromatic rings. The van der Waals surface area contributed by atoms with Crippen molar-refractivity contribution in [2.24, 2.45) is 11.8 Å². The van der Waals surface area contributed by atoms with Crippen molar-refractivity contribution < 1.29 is 4.79 Å². The van der Waals surface area contributed by atoms with Crippen molar-refractivity contribution in [1.29, 1.82) is 0 Å². The van der Waals surface area contributed by atoms with Gasteiger partial charge in [0.2, 0.25) is 5.91 Å². The summed E-state index contributed by atoms with van der Waals surface area (Å²) < 4.78 is 0. The lowest BCUT2D eigenvalue weighted by molar-refractivity contribution is -0.125. The molecule has 1 fully saturated rings. The van der Waals surface area contributed by atoms with Gasteiger partial charge < -0.3 is 10.6 Å². The number of benzene rings is 1. The maximum atomic E-state index is 12.2. The van der Waals surface area contributed by atoms with Crippen molar-refractivity contribution in [3.8, 4) is 0 Å². The van der Waals surface area contributed by atoms with E-state index in [1.165, 1.54) is 24.1 Å². The molecule has 1 aromatic carbocycles. The molecule has 3 rings (SSSR count). The van der Waals surface area contributed by atoms with E-state index in [0.717, 1.165) is 18.9 Å². The predicted octanol–water partition coefficient (Wildman–Crippen LogP) is 2.19. The highest BCUT2D eigenvalue weighted by Crippen LogP contribution is 2.32. The van der Waals surface area contributed by atoms with Gasteiger partial charge in [0, 0.05) is 18.3 Å². The molecule has 3 nitrogen and oxygen atoms in total. The highest BCUT2D eigenvalue weighted by molar-refractivity contribution is 5.81. The Labute approximate surface area is 108 Å². The molecular formula is C15H20N2O. The molecule has 2 aliphatic rings. The number of nitrogens with one attached hydrogen (secondary N) is 2. The highest BCUT2D eigenvalue weighted by atomic mass is 16.2. The Balaban J connectivity index is 1.62. The number of rotatable bonds is 3. The number of hydrogen-bond acceptors (Lipinski definition) is 2. The molecule has 1 aliphatic heterocycles. The largest absolute Gasteiger partial charge is 0.384 e. The Morgan fingerprint density at radius 2 is 2.17 bits per heavy atom. The third kappa shape index (κ3) is 2.35. The van der Waals surface area contributed by atoms with Crippen LogP contribution in [0.5, 0.6) is 0 Å². The summed E-state index contributed by atoms with van der Waals surface area (Å²) in [6.45, 7) is 2.88. The topological polar surface area (TPSA) is 41.1 Å². The fourth-order valence-electron chi connectivity index (χ4n) is 2.68. The molecule has 1 saturated carbocycles. The third-order valence-electron chi connectivity index (χ3n) is 4.09. The standard InChI is InChI=1S/C15H20N2O/c1-10(11-6-7-11)17-15(18)13-8-12-4-2-3-5-14(12)16-9-13/h2-5,10-11,13,16H,6-9H2,1H3,(H,17,18). The number of carbonyl (C=O) groups excluding carboxylic acids is 1. The van der Waals surface area contributed by atoms with Crippen LogP contribution in [0.3, 0.4) is 0 Å². The normalized spacial score (nSPS) is 23.7. The third-order valence-corrected chi connectivity index (χ3v) is 4.09. The quantitative estimate of drug-likeness (QED) is 0.855. The number of para-hydroxylation sites is 1. The van der Waals surface area contributed by atoms with Crippen LogP contribution in [-0.4, -0.2) is 18.5 Å². The number of carbonyl (C=O) groups is 1. The zero-order valence-corrected chi connectivity index (χ0v) is 10.8. The smallest absolute Gasteiger partial charge is 0.225 e. The van der Waals surface area contributed by atoms with E-state index in [1.54, 1.807) is 0 Å². The molecule has 1 amide bonds. The summed E-state index contributed by atoms with van der Waals surface area (Å²) in [4.78, 5) is 12.2. The van der Waals surface area contributed by atoms with E-state index in [2.05, 4.69) is 29.7 Å². The first-order chi connectivity index (χ1) is 8.74. The van der Waals surface area contributed by atoms with Crippen molar-refractivity contribution in [3.05, 3.63) is 29.8 Å². The van der Waals surface area contributed by atoms with Gasteiger partial charge in [-0.3, -0.25) is 4.79 Å². The Bertz CT molecular complexity index is 454. The molecule has 1 heterocycles. The van der Waals surface area contributed by atoms with Crippen molar-refractivity contribution in [2.75, 3.05) is 11.9 Å². The molecule has 0 aromatic heterocycles.